The minimum absolute atomic E-state index is 0.127. The fourth-order valence-electron chi connectivity index (χ4n) is 3.75. The molecule has 0 aromatic heterocycles. The summed E-state index contributed by atoms with van der Waals surface area (Å²) in [4.78, 5) is 24.6. The molecule has 200 valence electrons. The number of hydrazone groups is 1. The molecule has 0 unspecified atom stereocenters. The van der Waals surface area contributed by atoms with Crippen molar-refractivity contribution >= 4 is 33.7 Å². The quantitative estimate of drug-likeness (QED) is 0.288. The molecule has 0 bridgehead atoms. The fourth-order valence-corrected chi connectivity index (χ4v) is 4.59. The molecule has 0 saturated carbocycles. The van der Waals surface area contributed by atoms with Crippen LogP contribution in [0.2, 0.25) is 0 Å². The first-order valence-corrected chi connectivity index (χ1v) is 13.8. The molecule has 3 rings (SSSR count). The van der Waals surface area contributed by atoms with E-state index in [1.807, 2.05) is 57.2 Å². The van der Waals surface area contributed by atoms with E-state index in [0.717, 1.165) is 27.3 Å². The lowest BCUT2D eigenvalue weighted by Gasteiger charge is -2.22. The minimum atomic E-state index is -3.68. The molecule has 0 heterocycles. The lowest BCUT2D eigenvalue weighted by molar-refractivity contribution is -0.123. The second kappa shape index (κ2) is 12.9. The molecule has 0 radical (unpaired) electrons. The third-order valence-corrected chi connectivity index (χ3v) is 6.65. The van der Waals surface area contributed by atoms with Gasteiger partial charge in [-0.3, -0.25) is 13.9 Å². The Balaban J connectivity index is 1.50. The number of benzene rings is 3. The Morgan fingerprint density at radius 2 is 1.61 bits per heavy atom. The van der Waals surface area contributed by atoms with Gasteiger partial charge in [-0.15, -0.1) is 0 Å². The van der Waals surface area contributed by atoms with Crippen LogP contribution < -0.4 is 19.8 Å². The van der Waals surface area contributed by atoms with Crippen molar-refractivity contribution in [2.45, 2.75) is 26.8 Å². The predicted molar refractivity (Wildman–Crippen MR) is 149 cm³/mol. The van der Waals surface area contributed by atoms with E-state index in [9.17, 15) is 18.0 Å². The summed E-state index contributed by atoms with van der Waals surface area (Å²) in [6.45, 7) is 5.09. The molecule has 0 spiro atoms. The maximum Gasteiger partial charge on any atom is 0.260 e. The van der Waals surface area contributed by atoms with E-state index in [1.165, 1.54) is 6.21 Å². The van der Waals surface area contributed by atoms with Crippen molar-refractivity contribution in [3.63, 3.8) is 0 Å². The minimum Gasteiger partial charge on any atom is -0.484 e. The fraction of sp³-hybridized carbons (Fsp3) is 0.250. The summed E-state index contributed by atoms with van der Waals surface area (Å²) in [5, 5.41) is 6.81. The molecule has 10 heteroatoms. The van der Waals surface area contributed by atoms with Crippen molar-refractivity contribution in [2.24, 2.45) is 5.10 Å². The average molecular weight is 537 g/mol. The van der Waals surface area contributed by atoms with Crippen LogP contribution in [0.1, 0.15) is 35.2 Å². The largest absolute Gasteiger partial charge is 0.484 e. The van der Waals surface area contributed by atoms with Gasteiger partial charge in [0.1, 0.15) is 12.3 Å². The smallest absolute Gasteiger partial charge is 0.260 e. The SMILES string of the molecule is Cc1cc(C)cc(N(CC(=O)N/N=C\c2ccc(OCC(=O)N[C@@H](C)c3ccccc3)cc2)S(C)(=O)=O)c1. The Kier molecular flexibility index (Phi) is 9.61. The molecular formula is C28H32N4O5S. The highest BCUT2D eigenvalue weighted by Gasteiger charge is 2.21. The molecule has 0 fully saturated rings. The number of ether oxygens (including phenoxy) is 1. The van der Waals surface area contributed by atoms with Gasteiger partial charge in [0.2, 0.25) is 10.0 Å². The van der Waals surface area contributed by atoms with E-state index in [2.05, 4.69) is 15.8 Å². The molecule has 1 atom stereocenters. The predicted octanol–water partition coefficient (Wildman–Crippen LogP) is 3.48. The Morgan fingerprint density at radius 1 is 0.974 bits per heavy atom. The van der Waals surface area contributed by atoms with Crippen LogP contribution in [-0.4, -0.2) is 45.9 Å². The number of hydrogen-bond donors (Lipinski definition) is 2. The number of aryl methyl sites for hydroxylation is 2. The second-order valence-electron chi connectivity index (χ2n) is 8.97. The molecule has 38 heavy (non-hydrogen) atoms. The van der Waals surface area contributed by atoms with Crippen molar-refractivity contribution in [3.05, 3.63) is 95.1 Å². The maximum atomic E-state index is 12.4. The van der Waals surface area contributed by atoms with Crippen molar-refractivity contribution in [2.75, 3.05) is 23.7 Å². The average Bonchev–Trinajstić information content (AvgIpc) is 2.86. The van der Waals surface area contributed by atoms with Crippen molar-refractivity contribution in [1.82, 2.24) is 10.7 Å². The molecule has 0 aliphatic heterocycles. The molecular weight excluding hydrogens is 504 g/mol. The number of nitrogens with zero attached hydrogens (tertiary/aromatic N) is 2. The standard InChI is InChI=1S/C28H32N4O5S/c1-20-14-21(2)16-25(15-20)32(38(4,35)36)18-27(33)31-29-17-23-10-12-26(13-11-23)37-19-28(34)30-22(3)24-8-6-5-7-9-24/h5-17,22H,18-19H2,1-4H3,(H,30,34)(H,31,33)/b29-17-/t22-/m0/s1. The summed E-state index contributed by atoms with van der Waals surface area (Å²) < 4.78 is 31.2. The van der Waals surface area contributed by atoms with Gasteiger partial charge in [0.15, 0.2) is 6.61 Å². The lowest BCUT2D eigenvalue weighted by atomic mass is 10.1. The number of nitrogens with one attached hydrogen (secondary N) is 2. The Hall–Kier alpha value is -4.18. The van der Waals surface area contributed by atoms with E-state index in [-0.39, 0.29) is 18.6 Å². The van der Waals surface area contributed by atoms with E-state index in [0.29, 0.717) is 17.0 Å². The van der Waals surface area contributed by atoms with Crippen LogP contribution in [0.15, 0.2) is 77.9 Å². The zero-order chi connectivity index (χ0) is 27.7. The Bertz CT molecular complexity index is 1370. The third-order valence-electron chi connectivity index (χ3n) is 5.51. The first kappa shape index (κ1) is 28.4. The Morgan fingerprint density at radius 3 is 2.21 bits per heavy atom. The maximum absolute atomic E-state index is 12.4. The lowest BCUT2D eigenvalue weighted by Crippen LogP contribution is -2.39. The normalized spacial score (nSPS) is 12.1. The molecule has 0 aliphatic carbocycles. The molecule has 3 aromatic rings. The summed E-state index contributed by atoms with van der Waals surface area (Å²) in [5.41, 5.74) is 6.24. The third kappa shape index (κ3) is 8.74. The Labute approximate surface area is 223 Å². The molecule has 0 saturated heterocycles. The summed E-state index contributed by atoms with van der Waals surface area (Å²) >= 11 is 0. The van der Waals surface area contributed by atoms with Gasteiger partial charge in [0, 0.05) is 0 Å². The number of anilines is 1. The molecule has 2 N–H and O–H groups in total. The van der Waals surface area contributed by atoms with Crippen LogP contribution >= 0.6 is 0 Å². The number of amides is 2. The van der Waals surface area contributed by atoms with Gasteiger partial charge < -0.3 is 10.1 Å². The van der Waals surface area contributed by atoms with Crippen molar-refractivity contribution in [3.8, 4) is 5.75 Å². The van der Waals surface area contributed by atoms with Crippen molar-refractivity contribution in [1.29, 1.82) is 0 Å². The van der Waals surface area contributed by atoms with E-state index in [1.54, 1.807) is 36.4 Å². The van der Waals surface area contributed by atoms with Gasteiger partial charge in [0.05, 0.1) is 24.2 Å². The topological polar surface area (TPSA) is 117 Å². The molecule has 9 nitrogen and oxygen atoms in total. The zero-order valence-electron chi connectivity index (χ0n) is 21.8. The monoisotopic (exact) mass is 536 g/mol. The van der Waals surface area contributed by atoms with Crippen molar-refractivity contribution < 1.29 is 22.7 Å². The van der Waals surface area contributed by atoms with Gasteiger partial charge in [-0.1, -0.05) is 36.4 Å². The van der Waals surface area contributed by atoms with Gasteiger partial charge in [0.25, 0.3) is 11.8 Å². The van der Waals surface area contributed by atoms with Crippen LogP contribution in [0.3, 0.4) is 0 Å². The van der Waals surface area contributed by atoms with Gasteiger partial charge in [-0.2, -0.15) is 5.10 Å². The van der Waals surface area contributed by atoms with E-state index in [4.69, 9.17) is 4.74 Å². The second-order valence-corrected chi connectivity index (χ2v) is 10.9. The summed E-state index contributed by atoms with van der Waals surface area (Å²) in [5.74, 6) is -0.314. The number of rotatable bonds is 11. The highest BCUT2D eigenvalue weighted by molar-refractivity contribution is 7.92. The van der Waals surface area contributed by atoms with Gasteiger partial charge in [-0.05, 0) is 79.4 Å². The van der Waals surface area contributed by atoms with Crippen LogP contribution in [-0.2, 0) is 19.6 Å². The van der Waals surface area contributed by atoms with Crippen LogP contribution in [0.25, 0.3) is 0 Å². The summed E-state index contributed by atoms with van der Waals surface area (Å²) in [6.07, 6.45) is 2.48. The first-order valence-electron chi connectivity index (χ1n) is 12.0. The molecule has 3 aromatic carbocycles. The number of sulfonamides is 1. The molecule has 2 amide bonds. The van der Waals surface area contributed by atoms with Crippen LogP contribution in [0.4, 0.5) is 5.69 Å². The number of carbonyl (C=O) groups is 2. The first-order chi connectivity index (χ1) is 18.0. The summed E-state index contributed by atoms with van der Waals surface area (Å²) in [6, 6.07) is 21.7. The molecule has 0 aliphatic rings. The van der Waals surface area contributed by atoms with Gasteiger partial charge in [-0.25, -0.2) is 13.8 Å². The highest BCUT2D eigenvalue weighted by Crippen LogP contribution is 2.21. The zero-order valence-corrected chi connectivity index (χ0v) is 22.7. The van der Waals surface area contributed by atoms with E-state index >= 15 is 0 Å². The van der Waals surface area contributed by atoms with Crippen LogP contribution in [0, 0.1) is 13.8 Å². The van der Waals surface area contributed by atoms with Crippen LogP contribution in [0.5, 0.6) is 5.75 Å². The highest BCUT2D eigenvalue weighted by atomic mass is 32.2. The van der Waals surface area contributed by atoms with E-state index < -0.39 is 22.5 Å². The number of carbonyl (C=O) groups excluding carboxylic acids is 2. The van der Waals surface area contributed by atoms with Gasteiger partial charge >= 0.3 is 0 Å². The number of hydrogen-bond acceptors (Lipinski definition) is 6. The summed E-state index contributed by atoms with van der Waals surface area (Å²) in [7, 11) is -3.68.